The van der Waals surface area contributed by atoms with Crippen molar-refractivity contribution in [3.05, 3.63) is 23.0 Å². The van der Waals surface area contributed by atoms with E-state index < -0.39 is 0 Å². The summed E-state index contributed by atoms with van der Waals surface area (Å²) in [6.07, 6.45) is 2.22. The number of benzene rings is 1. The Balaban J connectivity index is 3.01. The second-order valence-corrected chi connectivity index (χ2v) is 3.26. The number of aldehydes is 1. The number of H-pyrrole nitrogens is 1. The molecule has 0 spiro atoms. The fourth-order valence-electron chi connectivity index (χ4n) is 1.64. The van der Waals surface area contributed by atoms with Gasteiger partial charge in [-0.25, -0.2) is 4.98 Å². The lowest BCUT2D eigenvalue weighted by molar-refractivity contribution is 0.112. The Morgan fingerprint density at radius 1 is 1.43 bits per heavy atom. The van der Waals surface area contributed by atoms with Crippen molar-refractivity contribution >= 4 is 17.3 Å². The molecule has 0 saturated carbocycles. The molecule has 0 radical (unpaired) electrons. The van der Waals surface area contributed by atoms with Gasteiger partial charge in [-0.05, 0) is 19.4 Å². The standard InChI is InChI=1S/C10H10N2O2/c1-5-7(3-13)10(14)6(2)9-8(5)11-4-12-9/h3-4,14H,1-2H3,(H,11,12). The molecule has 4 nitrogen and oxygen atoms in total. The number of phenols is 1. The molecule has 0 amide bonds. The van der Waals surface area contributed by atoms with Crippen LogP contribution in [0.15, 0.2) is 6.33 Å². The van der Waals surface area contributed by atoms with Gasteiger partial charge in [-0.1, -0.05) is 0 Å². The molecule has 72 valence electrons. The number of aromatic nitrogens is 2. The van der Waals surface area contributed by atoms with E-state index in [1.165, 1.54) is 0 Å². The Kier molecular flexibility index (Phi) is 1.77. The van der Waals surface area contributed by atoms with Crippen LogP contribution in [-0.4, -0.2) is 21.4 Å². The molecule has 14 heavy (non-hydrogen) atoms. The summed E-state index contributed by atoms with van der Waals surface area (Å²) in [5.74, 6) is 0.0251. The molecule has 2 rings (SSSR count). The van der Waals surface area contributed by atoms with E-state index in [9.17, 15) is 9.90 Å². The Labute approximate surface area is 80.6 Å². The second-order valence-electron chi connectivity index (χ2n) is 3.26. The first-order valence-corrected chi connectivity index (χ1v) is 4.27. The molecule has 2 N–H and O–H groups in total. The molecule has 0 saturated heterocycles. The lowest BCUT2D eigenvalue weighted by Gasteiger charge is -2.06. The third-order valence-corrected chi connectivity index (χ3v) is 2.50. The number of hydrogen-bond donors (Lipinski definition) is 2. The molecule has 0 aliphatic rings. The van der Waals surface area contributed by atoms with Crippen LogP contribution in [-0.2, 0) is 0 Å². The lowest BCUT2D eigenvalue weighted by atomic mass is 10.0. The Morgan fingerprint density at radius 2 is 2.14 bits per heavy atom. The van der Waals surface area contributed by atoms with Crippen molar-refractivity contribution in [3.8, 4) is 5.75 Å². The average molecular weight is 190 g/mol. The van der Waals surface area contributed by atoms with Crippen molar-refractivity contribution in [1.82, 2.24) is 9.97 Å². The topological polar surface area (TPSA) is 66.0 Å². The number of phenolic OH excluding ortho intramolecular Hbond substituents is 1. The number of aromatic amines is 1. The molecule has 0 bridgehead atoms. The maximum absolute atomic E-state index is 10.8. The summed E-state index contributed by atoms with van der Waals surface area (Å²) in [6, 6.07) is 0. The molecule has 0 unspecified atom stereocenters. The molecule has 1 aromatic heterocycles. The fourth-order valence-corrected chi connectivity index (χ4v) is 1.64. The van der Waals surface area contributed by atoms with Crippen LogP contribution >= 0.6 is 0 Å². The molecule has 0 aliphatic heterocycles. The monoisotopic (exact) mass is 190 g/mol. The first-order chi connectivity index (χ1) is 6.66. The molecule has 0 atom stereocenters. The predicted octanol–water partition coefficient (Wildman–Crippen LogP) is 1.70. The molecule has 4 heteroatoms. The maximum Gasteiger partial charge on any atom is 0.154 e. The van der Waals surface area contributed by atoms with E-state index >= 15 is 0 Å². The number of rotatable bonds is 1. The number of fused-ring (bicyclic) bond motifs is 1. The second kappa shape index (κ2) is 2.83. The number of imidazole rings is 1. The van der Waals surface area contributed by atoms with Crippen molar-refractivity contribution in [3.63, 3.8) is 0 Å². The van der Waals surface area contributed by atoms with E-state index in [0.29, 0.717) is 22.9 Å². The zero-order valence-electron chi connectivity index (χ0n) is 7.96. The summed E-state index contributed by atoms with van der Waals surface area (Å²) in [5.41, 5.74) is 3.22. The van der Waals surface area contributed by atoms with E-state index in [1.54, 1.807) is 20.2 Å². The first kappa shape index (κ1) is 8.74. The quantitative estimate of drug-likeness (QED) is 0.672. The Morgan fingerprint density at radius 3 is 2.79 bits per heavy atom. The van der Waals surface area contributed by atoms with Crippen LogP contribution in [0.4, 0.5) is 0 Å². The van der Waals surface area contributed by atoms with Gasteiger partial charge >= 0.3 is 0 Å². The SMILES string of the molecule is Cc1c(O)c(C=O)c(C)c2[nH]cnc12. The normalized spacial score (nSPS) is 10.7. The minimum absolute atomic E-state index is 0.0251. The van der Waals surface area contributed by atoms with Crippen molar-refractivity contribution in [2.45, 2.75) is 13.8 Å². The number of carbonyl (C=O) groups excluding carboxylic acids is 1. The van der Waals surface area contributed by atoms with Gasteiger partial charge in [0.15, 0.2) is 6.29 Å². The number of carbonyl (C=O) groups is 1. The van der Waals surface area contributed by atoms with Gasteiger partial charge in [-0.3, -0.25) is 4.79 Å². The summed E-state index contributed by atoms with van der Waals surface area (Å²) >= 11 is 0. The summed E-state index contributed by atoms with van der Waals surface area (Å²) in [7, 11) is 0. The first-order valence-electron chi connectivity index (χ1n) is 4.27. The molecule has 0 aliphatic carbocycles. The molecular weight excluding hydrogens is 180 g/mol. The van der Waals surface area contributed by atoms with Crippen LogP contribution in [0, 0.1) is 13.8 Å². The largest absolute Gasteiger partial charge is 0.507 e. The van der Waals surface area contributed by atoms with Gasteiger partial charge in [0.1, 0.15) is 5.75 Å². The van der Waals surface area contributed by atoms with Crippen molar-refractivity contribution in [2.24, 2.45) is 0 Å². The van der Waals surface area contributed by atoms with Crippen LogP contribution in [0.2, 0.25) is 0 Å². The number of nitrogens with zero attached hydrogens (tertiary/aromatic N) is 1. The van der Waals surface area contributed by atoms with Gasteiger partial charge in [0.05, 0.1) is 22.9 Å². The minimum Gasteiger partial charge on any atom is -0.507 e. The highest BCUT2D eigenvalue weighted by molar-refractivity contribution is 5.94. The van der Waals surface area contributed by atoms with E-state index in [2.05, 4.69) is 9.97 Å². The highest BCUT2D eigenvalue weighted by Gasteiger charge is 2.14. The third-order valence-electron chi connectivity index (χ3n) is 2.50. The van der Waals surface area contributed by atoms with Crippen LogP contribution in [0.1, 0.15) is 21.5 Å². The summed E-state index contributed by atoms with van der Waals surface area (Å²) in [4.78, 5) is 17.8. The number of nitrogens with one attached hydrogen (secondary N) is 1. The smallest absolute Gasteiger partial charge is 0.154 e. The Bertz CT molecular complexity index is 514. The van der Waals surface area contributed by atoms with Gasteiger partial charge < -0.3 is 10.1 Å². The van der Waals surface area contributed by atoms with Gasteiger partial charge in [0.2, 0.25) is 0 Å². The van der Waals surface area contributed by atoms with E-state index in [0.717, 1.165) is 11.1 Å². The maximum atomic E-state index is 10.8. The minimum atomic E-state index is 0.0251. The van der Waals surface area contributed by atoms with Gasteiger partial charge in [-0.15, -0.1) is 0 Å². The third kappa shape index (κ3) is 0.937. The van der Waals surface area contributed by atoms with Crippen LogP contribution in [0.5, 0.6) is 5.75 Å². The van der Waals surface area contributed by atoms with Gasteiger partial charge in [-0.2, -0.15) is 0 Å². The highest BCUT2D eigenvalue weighted by Crippen LogP contribution is 2.31. The number of aromatic hydroxyl groups is 1. The zero-order chi connectivity index (χ0) is 10.3. The van der Waals surface area contributed by atoms with Crippen LogP contribution in [0.3, 0.4) is 0 Å². The van der Waals surface area contributed by atoms with Crippen molar-refractivity contribution in [2.75, 3.05) is 0 Å². The molecule has 1 aromatic carbocycles. The van der Waals surface area contributed by atoms with Crippen LogP contribution < -0.4 is 0 Å². The highest BCUT2D eigenvalue weighted by atomic mass is 16.3. The van der Waals surface area contributed by atoms with Crippen molar-refractivity contribution in [1.29, 1.82) is 0 Å². The van der Waals surface area contributed by atoms with E-state index in [1.807, 2.05) is 0 Å². The number of hydrogen-bond acceptors (Lipinski definition) is 3. The van der Waals surface area contributed by atoms with Crippen LogP contribution in [0.25, 0.3) is 11.0 Å². The lowest BCUT2D eigenvalue weighted by Crippen LogP contribution is -1.92. The number of aryl methyl sites for hydroxylation is 2. The van der Waals surface area contributed by atoms with Gasteiger partial charge in [0.25, 0.3) is 0 Å². The summed E-state index contributed by atoms with van der Waals surface area (Å²) < 4.78 is 0. The van der Waals surface area contributed by atoms with Gasteiger partial charge in [0, 0.05) is 5.56 Å². The fraction of sp³-hybridized carbons (Fsp3) is 0.200. The average Bonchev–Trinajstić information content (AvgIpc) is 2.64. The van der Waals surface area contributed by atoms with E-state index in [4.69, 9.17) is 0 Å². The van der Waals surface area contributed by atoms with Crippen molar-refractivity contribution < 1.29 is 9.90 Å². The summed E-state index contributed by atoms with van der Waals surface area (Å²) in [5, 5.41) is 9.71. The summed E-state index contributed by atoms with van der Waals surface area (Å²) in [6.45, 7) is 3.52. The molecule has 1 heterocycles. The zero-order valence-corrected chi connectivity index (χ0v) is 7.96. The molecule has 2 aromatic rings. The predicted molar refractivity (Wildman–Crippen MR) is 52.6 cm³/mol. The van der Waals surface area contributed by atoms with E-state index in [-0.39, 0.29) is 5.75 Å². The molecular formula is C10H10N2O2. The molecule has 0 fully saturated rings. The Hall–Kier alpha value is -1.84.